The van der Waals surface area contributed by atoms with Crippen LogP contribution in [-0.4, -0.2) is 42.4 Å². The average Bonchev–Trinajstić information content (AvgIpc) is 2.78. The highest BCUT2D eigenvalue weighted by atomic mass is 19.1. The highest BCUT2D eigenvalue weighted by Gasteiger charge is 2.31. The summed E-state index contributed by atoms with van der Waals surface area (Å²) < 4.78 is 18.3. The Morgan fingerprint density at radius 2 is 1.89 bits per heavy atom. The fourth-order valence-electron chi connectivity index (χ4n) is 2.62. The van der Waals surface area contributed by atoms with Gasteiger partial charge in [0.05, 0.1) is 5.60 Å². The molecule has 0 radical (unpaired) electrons. The van der Waals surface area contributed by atoms with Crippen LogP contribution in [0.5, 0.6) is 5.75 Å². The Morgan fingerprint density at radius 1 is 1.26 bits per heavy atom. The van der Waals surface area contributed by atoms with Crippen molar-refractivity contribution in [2.24, 2.45) is 0 Å². The third-order valence-electron chi connectivity index (χ3n) is 3.65. The Morgan fingerprint density at radius 3 is 2.53 bits per heavy atom. The van der Waals surface area contributed by atoms with E-state index in [2.05, 4.69) is 4.90 Å². The summed E-state index contributed by atoms with van der Waals surface area (Å²) in [5, 5.41) is 10.3. The number of hydrogen-bond acceptors (Lipinski definition) is 3. The van der Waals surface area contributed by atoms with E-state index in [1.807, 2.05) is 7.05 Å². The predicted octanol–water partition coefficient (Wildman–Crippen LogP) is 2.44. The molecule has 19 heavy (non-hydrogen) atoms. The summed E-state index contributed by atoms with van der Waals surface area (Å²) in [4.78, 5) is 2.09. The van der Waals surface area contributed by atoms with Gasteiger partial charge < -0.3 is 14.7 Å². The lowest BCUT2D eigenvalue weighted by Gasteiger charge is -2.28. The van der Waals surface area contributed by atoms with Gasteiger partial charge in [-0.15, -0.1) is 0 Å². The average molecular weight is 267 g/mol. The molecule has 1 aromatic rings. The molecule has 2 rings (SSSR count). The Labute approximate surface area is 114 Å². The lowest BCUT2D eigenvalue weighted by molar-refractivity contribution is 0.0139. The van der Waals surface area contributed by atoms with Crippen molar-refractivity contribution < 1.29 is 14.2 Å². The minimum Gasteiger partial charge on any atom is -0.492 e. The molecule has 1 N–H and O–H groups in total. The van der Waals surface area contributed by atoms with Crippen molar-refractivity contribution in [3.63, 3.8) is 0 Å². The number of benzene rings is 1. The monoisotopic (exact) mass is 267 g/mol. The number of nitrogens with zero attached hydrogens (tertiary/aromatic N) is 1. The number of likely N-dealkylation sites (N-methyl/N-ethyl adjacent to an activating group) is 1. The molecule has 0 saturated heterocycles. The molecule has 0 spiro atoms. The van der Waals surface area contributed by atoms with Gasteiger partial charge in [0.1, 0.15) is 18.2 Å². The second kappa shape index (κ2) is 6.35. The van der Waals surface area contributed by atoms with Gasteiger partial charge in [-0.1, -0.05) is 12.8 Å². The van der Waals surface area contributed by atoms with Crippen molar-refractivity contribution in [2.75, 3.05) is 26.7 Å². The zero-order valence-electron chi connectivity index (χ0n) is 11.4. The van der Waals surface area contributed by atoms with Gasteiger partial charge in [-0.25, -0.2) is 4.39 Å². The van der Waals surface area contributed by atoms with E-state index in [9.17, 15) is 9.50 Å². The fraction of sp³-hybridized carbons (Fsp3) is 0.600. The first-order chi connectivity index (χ1) is 9.07. The zero-order valence-corrected chi connectivity index (χ0v) is 11.4. The highest BCUT2D eigenvalue weighted by Crippen LogP contribution is 2.29. The van der Waals surface area contributed by atoms with Crippen LogP contribution in [0.1, 0.15) is 25.7 Å². The van der Waals surface area contributed by atoms with Crippen molar-refractivity contribution in [2.45, 2.75) is 31.3 Å². The molecular weight excluding hydrogens is 245 g/mol. The zero-order chi connectivity index (χ0) is 13.7. The van der Waals surface area contributed by atoms with Gasteiger partial charge in [-0.2, -0.15) is 0 Å². The highest BCUT2D eigenvalue weighted by molar-refractivity contribution is 5.21. The molecule has 1 aliphatic rings. The summed E-state index contributed by atoms with van der Waals surface area (Å²) in [7, 11) is 1.99. The van der Waals surface area contributed by atoms with Crippen molar-refractivity contribution in [1.29, 1.82) is 0 Å². The lowest BCUT2D eigenvalue weighted by atomic mass is 10.0. The summed E-state index contributed by atoms with van der Waals surface area (Å²) in [5.74, 6) is 0.419. The third kappa shape index (κ3) is 4.48. The van der Waals surface area contributed by atoms with Crippen LogP contribution < -0.4 is 4.74 Å². The molecule has 0 aliphatic heterocycles. The van der Waals surface area contributed by atoms with Crippen molar-refractivity contribution >= 4 is 0 Å². The molecule has 0 heterocycles. The van der Waals surface area contributed by atoms with E-state index in [0.29, 0.717) is 18.9 Å². The molecular formula is C15H22FNO2. The van der Waals surface area contributed by atoms with Gasteiger partial charge in [0.15, 0.2) is 0 Å². The maximum Gasteiger partial charge on any atom is 0.123 e. The Bertz CT molecular complexity index is 388. The second-order valence-electron chi connectivity index (χ2n) is 5.47. The van der Waals surface area contributed by atoms with Crippen molar-refractivity contribution in [1.82, 2.24) is 4.90 Å². The van der Waals surface area contributed by atoms with Gasteiger partial charge in [0.2, 0.25) is 0 Å². The molecule has 1 aromatic carbocycles. The molecule has 0 unspecified atom stereocenters. The third-order valence-corrected chi connectivity index (χ3v) is 3.65. The number of aliphatic hydroxyl groups is 1. The standard InChI is InChI=1S/C15H22FNO2/c1-17(12-15(18)8-2-3-9-15)10-11-19-14-6-4-13(16)5-7-14/h4-7,18H,2-3,8-12H2,1H3. The first-order valence-corrected chi connectivity index (χ1v) is 6.87. The summed E-state index contributed by atoms with van der Waals surface area (Å²) in [6, 6.07) is 6.03. The van der Waals surface area contributed by atoms with Gasteiger partial charge >= 0.3 is 0 Å². The SMILES string of the molecule is CN(CCOc1ccc(F)cc1)CC1(O)CCCC1. The molecule has 0 atom stereocenters. The number of rotatable bonds is 6. The largest absolute Gasteiger partial charge is 0.492 e. The number of hydrogen-bond donors (Lipinski definition) is 1. The molecule has 4 heteroatoms. The summed E-state index contributed by atoms with van der Waals surface area (Å²) in [6.45, 7) is 1.98. The molecule has 0 aromatic heterocycles. The Balaban J connectivity index is 1.69. The predicted molar refractivity (Wildman–Crippen MR) is 72.8 cm³/mol. The maximum atomic E-state index is 12.7. The van der Waals surface area contributed by atoms with Crippen molar-refractivity contribution in [3.8, 4) is 5.75 Å². The smallest absolute Gasteiger partial charge is 0.123 e. The van der Waals surface area contributed by atoms with Gasteiger partial charge in [0.25, 0.3) is 0 Å². The number of ether oxygens (including phenoxy) is 1. The normalized spacial score (nSPS) is 17.9. The summed E-state index contributed by atoms with van der Waals surface area (Å²) in [6.07, 6.45) is 4.04. The van der Waals surface area contributed by atoms with Crippen LogP contribution in [0, 0.1) is 5.82 Å². The molecule has 3 nitrogen and oxygen atoms in total. The molecule has 1 saturated carbocycles. The minimum atomic E-state index is -0.509. The molecule has 1 fully saturated rings. The quantitative estimate of drug-likeness (QED) is 0.859. The van der Waals surface area contributed by atoms with E-state index in [1.165, 1.54) is 12.1 Å². The van der Waals surface area contributed by atoms with Crippen LogP contribution in [0.4, 0.5) is 4.39 Å². The Hall–Kier alpha value is -1.13. The van der Waals surface area contributed by atoms with Gasteiger partial charge in [-0.05, 0) is 44.2 Å². The van der Waals surface area contributed by atoms with E-state index in [-0.39, 0.29) is 5.82 Å². The van der Waals surface area contributed by atoms with E-state index >= 15 is 0 Å². The maximum absolute atomic E-state index is 12.7. The second-order valence-corrected chi connectivity index (χ2v) is 5.47. The first kappa shape index (κ1) is 14.3. The van der Waals surface area contributed by atoms with Crippen LogP contribution in [-0.2, 0) is 0 Å². The minimum absolute atomic E-state index is 0.257. The molecule has 1 aliphatic carbocycles. The van der Waals surface area contributed by atoms with Gasteiger partial charge in [0, 0.05) is 13.1 Å². The van der Waals surface area contributed by atoms with E-state index in [4.69, 9.17) is 4.74 Å². The molecule has 0 bridgehead atoms. The van der Waals surface area contributed by atoms with Crippen LogP contribution in [0.3, 0.4) is 0 Å². The van der Waals surface area contributed by atoms with Crippen molar-refractivity contribution in [3.05, 3.63) is 30.1 Å². The van der Waals surface area contributed by atoms with E-state index < -0.39 is 5.60 Å². The van der Waals surface area contributed by atoms with Gasteiger partial charge in [-0.3, -0.25) is 0 Å². The van der Waals surface area contributed by atoms with Crippen LogP contribution >= 0.6 is 0 Å². The van der Waals surface area contributed by atoms with Crippen LogP contribution in [0.15, 0.2) is 24.3 Å². The van der Waals surface area contributed by atoms with E-state index in [0.717, 1.165) is 32.2 Å². The summed E-state index contributed by atoms with van der Waals surface area (Å²) in [5.41, 5.74) is -0.509. The number of halogens is 1. The first-order valence-electron chi connectivity index (χ1n) is 6.87. The topological polar surface area (TPSA) is 32.7 Å². The molecule has 0 amide bonds. The lowest BCUT2D eigenvalue weighted by Crippen LogP contribution is -2.40. The summed E-state index contributed by atoms with van der Waals surface area (Å²) >= 11 is 0. The molecule has 106 valence electrons. The van der Waals surface area contributed by atoms with E-state index in [1.54, 1.807) is 12.1 Å². The fourth-order valence-corrected chi connectivity index (χ4v) is 2.62. The van der Waals surface area contributed by atoms with Crippen LogP contribution in [0.2, 0.25) is 0 Å². The van der Waals surface area contributed by atoms with Crippen LogP contribution in [0.25, 0.3) is 0 Å². The Kier molecular flexibility index (Phi) is 4.77.